The second-order valence-corrected chi connectivity index (χ2v) is 7.75. The normalized spacial score (nSPS) is 20.8. The highest BCUT2D eigenvalue weighted by Crippen LogP contribution is 2.49. The van der Waals surface area contributed by atoms with Gasteiger partial charge in [0.1, 0.15) is 0 Å². The number of rotatable bonds is 6. The molecule has 4 nitrogen and oxygen atoms in total. The molecule has 1 amide bonds. The first kappa shape index (κ1) is 17.7. The average molecular weight is 350 g/mol. The van der Waals surface area contributed by atoms with Crippen LogP contribution in [0, 0.1) is 0 Å². The van der Waals surface area contributed by atoms with E-state index in [1.807, 2.05) is 36.2 Å². The van der Waals surface area contributed by atoms with Crippen molar-refractivity contribution in [3.63, 3.8) is 0 Å². The van der Waals surface area contributed by atoms with E-state index in [-0.39, 0.29) is 11.3 Å². The fraction of sp³-hybridized carbons (Fsp3) is 0.632. The Kier molecular flexibility index (Phi) is 5.48. The maximum atomic E-state index is 12.9. The molecule has 1 saturated carbocycles. The Morgan fingerprint density at radius 3 is 2.38 bits per heavy atom. The summed E-state index contributed by atoms with van der Waals surface area (Å²) in [6.45, 7) is 6.49. The standard InChI is InChI=1S/C19H28ClN3O/c1-21-12-14-23(15-13-21)11-3-10-22(2)18(24)19(8-9-19)16-4-6-17(20)7-5-16/h4-7H,3,8-15H2,1-2H3. The van der Waals surface area contributed by atoms with Crippen LogP contribution in [-0.2, 0) is 10.2 Å². The maximum Gasteiger partial charge on any atom is 0.232 e. The van der Waals surface area contributed by atoms with Gasteiger partial charge in [0.05, 0.1) is 5.41 Å². The van der Waals surface area contributed by atoms with E-state index in [1.165, 1.54) is 0 Å². The zero-order chi connectivity index (χ0) is 17.2. The van der Waals surface area contributed by atoms with E-state index in [0.29, 0.717) is 0 Å². The Morgan fingerprint density at radius 2 is 1.79 bits per heavy atom. The van der Waals surface area contributed by atoms with Gasteiger partial charge in [0.25, 0.3) is 0 Å². The summed E-state index contributed by atoms with van der Waals surface area (Å²) >= 11 is 5.97. The first-order chi connectivity index (χ1) is 11.5. The number of hydrogen-bond acceptors (Lipinski definition) is 3. The molecule has 1 saturated heterocycles. The van der Waals surface area contributed by atoms with Crippen molar-refractivity contribution in [1.29, 1.82) is 0 Å². The third-order valence-electron chi connectivity index (χ3n) is 5.47. The summed E-state index contributed by atoms with van der Waals surface area (Å²) in [6.07, 6.45) is 2.95. The number of benzene rings is 1. The maximum absolute atomic E-state index is 12.9. The monoisotopic (exact) mass is 349 g/mol. The predicted molar refractivity (Wildman–Crippen MR) is 98.6 cm³/mol. The molecule has 1 aromatic carbocycles. The minimum Gasteiger partial charge on any atom is -0.345 e. The van der Waals surface area contributed by atoms with Crippen LogP contribution in [0.1, 0.15) is 24.8 Å². The Morgan fingerprint density at radius 1 is 1.17 bits per heavy atom. The van der Waals surface area contributed by atoms with Crippen molar-refractivity contribution in [3.05, 3.63) is 34.9 Å². The van der Waals surface area contributed by atoms with Gasteiger partial charge in [-0.25, -0.2) is 0 Å². The number of carbonyl (C=O) groups is 1. The molecule has 24 heavy (non-hydrogen) atoms. The minimum absolute atomic E-state index is 0.267. The molecular formula is C19H28ClN3O. The van der Waals surface area contributed by atoms with Gasteiger partial charge in [-0.05, 0) is 50.6 Å². The summed E-state index contributed by atoms with van der Waals surface area (Å²) in [5, 5.41) is 0.725. The minimum atomic E-state index is -0.285. The summed E-state index contributed by atoms with van der Waals surface area (Å²) in [5.74, 6) is 0.267. The van der Waals surface area contributed by atoms with Crippen molar-refractivity contribution in [3.8, 4) is 0 Å². The van der Waals surface area contributed by atoms with Crippen molar-refractivity contribution < 1.29 is 4.79 Å². The molecular weight excluding hydrogens is 322 g/mol. The summed E-state index contributed by atoms with van der Waals surface area (Å²) < 4.78 is 0. The van der Waals surface area contributed by atoms with E-state index >= 15 is 0 Å². The van der Waals surface area contributed by atoms with Crippen molar-refractivity contribution >= 4 is 17.5 Å². The first-order valence-corrected chi connectivity index (χ1v) is 9.31. The second-order valence-electron chi connectivity index (χ2n) is 7.31. The molecule has 0 spiro atoms. The van der Waals surface area contributed by atoms with Crippen LogP contribution in [0.25, 0.3) is 0 Å². The van der Waals surface area contributed by atoms with Gasteiger partial charge >= 0.3 is 0 Å². The number of amides is 1. The molecule has 0 bridgehead atoms. The lowest BCUT2D eigenvalue weighted by atomic mass is 9.94. The lowest BCUT2D eigenvalue weighted by Gasteiger charge is -2.33. The van der Waals surface area contributed by atoms with Crippen molar-refractivity contribution in [1.82, 2.24) is 14.7 Å². The number of hydrogen-bond donors (Lipinski definition) is 0. The highest BCUT2D eigenvalue weighted by molar-refractivity contribution is 6.30. The van der Waals surface area contributed by atoms with Gasteiger partial charge in [-0.3, -0.25) is 4.79 Å². The second kappa shape index (κ2) is 7.42. The van der Waals surface area contributed by atoms with Gasteiger partial charge in [-0.15, -0.1) is 0 Å². The highest BCUT2D eigenvalue weighted by Gasteiger charge is 2.52. The molecule has 0 unspecified atom stereocenters. The quantitative estimate of drug-likeness (QED) is 0.789. The van der Waals surface area contributed by atoms with E-state index in [0.717, 1.165) is 69.1 Å². The zero-order valence-corrected chi connectivity index (χ0v) is 15.6. The van der Waals surface area contributed by atoms with Gasteiger partial charge in [0.2, 0.25) is 5.91 Å². The largest absolute Gasteiger partial charge is 0.345 e. The molecule has 1 heterocycles. The molecule has 0 aromatic heterocycles. The van der Waals surface area contributed by atoms with Gasteiger partial charge in [-0.2, -0.15) is 0 Å². The number of piperazine rings is 1. The van der Waals surface area contributed by atoms with Crippen LogP contribution in [0.15, 0.2) is 24.3 Å². The van der Waals surface area contributed by atoms with E-state index in [9.17, 15) is 4.79 Å². The molecule has 1 aliphatic heterocycles. The summed E-state index contributed by atoms with van der Waals surface area (Å²) in [4.78, 5) is 19.7. The zero-order valence-electron chi connectivity index (χ0n) is 14.8. The van der Waals surface area contributed by atoms with Crippen LogP contribution in [0.2, 0.25) is 5.02 Å². The van der Waals surface area contributed by atoms with Crippen LogP contribution >= 0.6 is 11.6 Å². The molecule has 1 aliphatic carbocycles. The molecule has 2 aliphatic rings. The molecule has 1 aromatic rings. The van der Waals surface area contributed by atoms with Crippen LogP contribution in [0.5, 0.6) is 0 Å². The topological polar surface area (TPSA) is 26.8 Å². The van der Waals surface area contributed by atoms with E-state index in [2.05, 4.69) is 16.8 Å². The fourth-order valence-corrected chi connectivity index (χ4v) is 3.72. The highest BCUT2D eigenvalue weighted by atomic mass is 35.5. The third-order valence-corrected chi connectivity index (χ3v) is 5.72. The van der Waals surface area contributed by atoms with Crippen LogP contribution in [0.3, 0.4) is 0 Å². The lowest BCUT2D eigenvalue weighted by Crippen LogP contribution is -2.45. The summed E-state index contributed by atoms with van der Waals surface area (Å²) in [5.41, 5.74) is 0.829. The summed E-state index contributed by atoms with van der Waals surface area (Å²) in [7, 11) is 4.12. The Labute approximate surface area is 150 Å². The summed E-state index contributed by atoms with van der Waals surface area (Å²) in [6, 6.07) is 7.78. The molecule has 2 fully saturated rings. The number of nitrogens with zero attached hydrogens (tertiary/aromatic N) is 3. The number of likely N-dealkylation sites (N-methyl/N-ethyl adjacent to an activating group) is 2. The Hall–Kier alpha value is -1.10. The Bertz CT molecular complexity index is 562. The van der Waals surface area contributed by atoms with Crippen LogP contribution in [-0.4, -0.2) is 74.0 Å². The smallest absolute Gasteiger partial charge is 0.232 e. The fourth-order valence-electron chi connectivity index (χ4n) is 3.59. The molecule has 132 valence electrons. The van der Waals surface area contributed by atoms with Gasteiger partial charge in [-0.1, -0.05) is 23.7 Å². The lowest BCUT2D eigenvalue weighted by molar-refractivity contribution is -0.132. The predicted octanol–water partition coefficient (Wildman–Crippen LogP) is 2.47. The van der Waals surface area contributed by atoms with E-state index in [4.69, 9.17) is 11.6 Å². The van der Waals surface area contributed by atoms with Gasteiger partial charge in [0, 0.05) is 44.8 Å². The van der Waals surface area contributed by atoms with Gasteiger partial charge < -0.3 is 14.7 Å². The van der Waals surface area contributed by atoms with Crippen LogP contribution < -0.4 is 0 Å². The molecule has 5 heteroatoms. The van der Waals surface area contributed by atoms with Crippen molar-refractivity contribution in [2.24, 2.45) is 0 Å². The molecule has 3 rings (SSSR count). The van der Waals surface area contributed by atoms with Gasteiger partial charge in [0.15, 0.2) is 0 Å². The first-order valence-electron chi connectivity index (χ1n) is 8.94. The third kappa shape index (κ3) is 3.93. The SMILES string of the molecule is CN1CCN(CCCN(C)C(=O)C2(c3ccc(Cl)cc3)CC2)CC1. The average Bonchev–Trinajstić information content (AvgIpc) is 3.38. The molecule has 0 atom stereocenters. The van der Waals surface area contributed by atoms with Crippen molar-refractivity contribution in [2.45, 2.75) is 24.7 Å². The van der Waals surface area contributed by atoms with E-state index < -0.39 is 0 Å². The van der Waals surface area contributed by atoms with Crippen molar-refractivity contribution in [2.75, 3.05) is 53.4 Å². The molecule has 0 N–H and O–H groups in total. The Balaban J connectivity index is 1.49. The number of halogens is 1. The van der Waals surface area contributed by atoms with E-state index in [1.54, 1.807) is 0 Å². The van der Waals surface area contributed by atoms with Crippen LogP contribution in [0.4, 0.5) is 0 Å². The number of carbonyl (C=O) groups excluding carboxylic acids is 1. The molecule has 0 radical (unpaired) electrons.